The van der Waals surface area contributed by atoms with Crippen molar-refractivity contribution in [3.05, 3.63) is 33.3 Å². The number of rotatable bonds is 2. The Labute approximate surface area is 107 Å². The zero-order chi connectivity index (χ0) is 11.5. The van der Waals surface area contributed by atoms with Crippen LogP contribution in [0.4, 0.5) is 0 Å². The van der Waals surface area contributed by atoms with Crippen molar-refractivity contribution in [2.45, 2.75) is 45.6 Å². The third-order valence-corrected chi connectivity index (χ3v) is 4.42. The summed E-state index contributed by atoms with van der Waals surface area (Å²) in [7, 11) is 0. The van der Waals surface area contributed by atoms with Gasteiger partial charge in [-0.1, -0.05) is 28.4 Å². The zero-order valence-electron chi connectivity index (χ0n) is 10.1. The number of hydrogen-bond donors (Lipinski definition) is 1. The van der Waals surface area contributed by atoms with Crippen LogP contribution in [0, 0.1) is 13.8 Å². The molecule has 16 heavy (non-hydrogen) atoms. The Morgan fingerprint density at radius 2 is 2.12 bits per heavy atom. The lowest BCUT2D eigenvalue weighted by molar-refractivity contribution is 0.398. The summed E-state index contributed by atoms with van der Waals surface area (Å²) in [4.78, 5) is 0. The van der Waals surface area contributed by atoms with Crippen LogP contribution in [0.3, 0.4) is 0 Å². The lowest BCUT2D eigenvalue weighted by atomic mass is 9.93. The van der Waals surface area contributed by atoms with E-state index in [-0.39, 0.29) is 0 Å². The predicted octanol–water partition coefficient (Wildman–Crippen LogP) is 3.75. The van der Waals surface area contributed by atoms with Gasteiger partial charge in [-0.05, 0) is 62.4 Å². The molecule has 1 fully saturated rings. The minimum absolute atomic E-state index is 0.672. The van der Waals surface area contributed by atoms with Gasteiger partial charge in [0.05, 0.1) is 0 Å². The molecule has 1 saturated heterocycles. The second-order valence-corrected chi connectivity index (χ2v) is 5.67. The van der Waals surface area contributed by atoms with Crippen LogP contribution in [-0.4, -0.2) is 12.6 Å². The van der Waals surface area contributed by atoms with E-state index in [1.54, 1.807) is 0 Å². The molecule has 1 unspecified atom stereocenters. The minimum atomic E-state index is 0.672. The first-order valence-corrected chi connectivity index (χ1v) is 6.95. The highest BCUT2D eigenvalue weighted by Crippen LogP contribution is 2.26. The average molecular weight is 282 g/mol. The molecule has 1 atom stereocenters. The molecule has 1 aliphatic rings. The van der Waals surface area contributed by atoms with E-state index in [2.05, 4.69) is 47.2 Å². The highest BCUT2D eigenvalue weighted by Gasteiger charge is 2.16. The molecule has 1 N–H and O–H groups in total. The van der Waals surface area contributed by atoms with Gasteiger partial charge >= 0.3 is 0 Å². The van der Waals surface area contributed by atoms with Crippen LogP contribution in [0.25, 0.3) is 0 Å². The standard InChI is InChI=1S/C14H20BrN/c1-10-6-7-14(15)13(11(10)2)9-12-5-3-4-8-16-12/h6-7,12,16H,3-5,8-9H2,1-2H3. The van der Waals surface area contributed by atoms with Crippen LogP contribution >= 0.6 is 15.9 Å². The smallest absolute Gasteiger partial charge is 0.0210 e. The van der Waals surface area contributed by atoms with Crippen molar-refractivity contribution in [1.29, 1.82) is 0 Å². The molecule has 2 heteroatoms. The summed E-state index contributed by atoms with van der Waals surface area (Å²) >= 11 is 3.68. The van der Waals surface area contributed by atoms with Gasteiger partial charge in [-0.2, -0.15) is 0 Å². The molecule has 0 saturated carbocycles. The van der Waals surface area contributed by atoms with Crippen molar-refractivity contribution < 1.29 is 0 Å². The average Bonchev–Trinajstić information content (AvgIpc) is 2.31. The molecule has 0 amide bonds. The van der Waals surface area contributed by atoms with Gasteiger partial charge in [-0.3, -0.25) is 0 Å². The number of hydrogen-bond acceptors (Lipinski definition) is 1. The topological polar surface area (TPSA) is 12.0 Å². The van der Waals surface area contributed by atoms with E-state index < -0.39 is 0 Å². The Balaban J connectivity index is 2.16. The molecule has 0 bridgehead atoms. The van der Waals surface area contributed by atoms with Crippen molar-refractivity contribution in [3.63, 3.8) is 0 Å². The van der Waals surface area contributed by atoms with E-state index in [9.17, 15) is 0 Å². The van der Waals surface area contributed by atoms with E-state index in [1.807, 2.05) is 0 Å². The molecule has 0 radical (unpaired) electrons. The summed E-state index contributed by atoms with van der Waals surface area (Å²) in [6.45, 7) is 5.62. The van der Waals surface area contributed by atoms with E-state index in [4.69, 9.17) is 0 Å². The lowest BCUT2D eigenvalue weighted by Crippen LogP contribution is -2.35. The summed E-state index contributed by atoms with van der Waals surface area (Å²) in [6, 6.07) is 5.04. The van der Waals surface area contributed by atoms with Crippen LogP contribution in [0.1, 0.15) is 36.0 Å². The molecule has 1 heterocycles. The van der Waals surface area contributed by atoms with Crippen molar-refractivity contribution in [3.8, 4) is 0 Å². The van der Waals surface area contributed by atoms with Gasteiger partial charge in [-0.15, -0.1) is 0 Å². The predicted molar refractivity (Wildman–Crippen MR) is 73.0 cm³/mol. The van der Waals surface area contributed by atoms with Gasteiger partial charge in [0.2, 0.25) is 0 Å². The minimum Gasteiger partial charge on any atom is -0.314 e. The van der Waals surface area contributed by atoms with Gasteiger partial charge in [0, 0.05) is 10.5 Å². The first-order valence-electron chi connectivity index (χ1n) is 6.16. The van der Waals surface area contributed by atoms with E-state index >= 15 is 0 Å². The van der Waals surface area contributed by atoms with E-state index in [0.717, 1.165) is 6.42 Å². The lowest BCUT2D eigenvalue weighted by Gasteiger charge is -2.25. The fourth-order valence-electron chi connectivity index (χ4n) is 2.44. The van der Waals surface area contributed by atoms with Crippen LogP contribution in [-0.2, 0) is 6.42 Å². The summed E-state index contributed by atoms with van der Waals surface area (Å²) in [5, 5.41) is 3.62. The molecule has 0 spiro atoms. The van der Waals surface area contributed by atoms with Crippen LogP contribution in [0.2, 0.25) is 0 Å². The fraction of sp³-hybridized carbons (Fsp3) is 0.571. The second kappa shape index (κ2) is 5.33. The molecule has 1 aromatic carbocycles. The Hall–Kier alpha value is -0.340. The van der Waals surface area contributed by atoms with E-state index in [0.29, 0.717) is 6.04 Å². The Morgan fingerprint density at radius 3 is 2.81 bits per heavy atom. The second-order valence-electron chi connectivity index (χ2n) is 4.82. The van der Waals surface area contributed by atoms with Crippen molar-refractivity contribution in [2.24, 2.45) is 0 Å². The van der Waals surface area contributed by atoms with Gasteiger partial charge in [0.15, 0.2) is 0 Å². The molecule has 1 nitrogen and oxygen atoms in total. The number of halogens is 1. The molecular weight excluding hydrogens is 262 g/mol. The van der Waals surface area contributed by atoms with Gasteiger partial charge in [-0.25, -0.2) is 0 Å². The number of benzene rings is 1. The molecule has 0 aromatic heterocycles. The quantitative estimate of drug-likeness (QED) is 0.871. The largest absolute Gasteiger partial charge is 0.314 e. The monoisotopic (exact) mass is 281 g/mol. The van der Waals surface area contributed by atoms with E-state index in [1.165, 1.54) is 47.0 Å². The fourth-order valence-corrected chi connectivity index (χ4v) is 3.03. The zero-order valence-corrected chi connectivity index (χ0v) is 11.7. The third-order valence-electron chi connectivity index (χ3n) is 3.68. The van der Waals surface area contributed by atoms with Gasteiger partial charge in [0.25, 0.3) is 0 Å². The molecule has 0 aliphatic carbocycles. The SMILES string of the molecule is Cc1ccc(Br)c(CC2CCCCN2)c1C. The molecule has 88 valence electrons. The third kappa shape index (κ3) is 2.67. The molecule has 1 aliphatic heterocycles. The van der Waals surface area contributed by atoms with Gasteiger partial charge < -0.3 is 5.32 Å². The Morgan fingerprint density at radius 1 is 1.31 bits per heavy atom. The molecular formula is C14H20BrN. The van der Waals surface area contributed by atoms with Crippen LogP contribution in [0.5, 0.6) is 0 Å². The number of nitrogens with one attached hydrogen (secondary N) is 1. The first kappa shape index (κ1) is 12.1. The summed E-state index contributed by atoms with van der Waals surface area (Å²) in [5.74, 6) is 0. The maximum Gasteiger partial charge on any atom is 0.0210 e. The maximum atomic E-state index is 3.68. The van der Waals surface area contributed by atoms with Crippen molar-refractivity contribution >= 4 is 15.9 Å². The van der Waals surface area contributed by atoms with Gasteiger partial charge in [0.1, 0.15) is 0 Å². The van der Waals surface area contributed by atoms with Crippen LogP contribution < -0.4 is 5.32 Å². The van der Waals surface area contributed by atoms with Crippen molar-refractivity contribution in [2.75, 3.05) is 6.54 Å². The summed E-state index contributed by atoms with van der Waals surface area (Å²) < 4.78 is 1.27. The summed E-state index contributed by atoms with van der Waals surface area (Å²) in [6.07, 6.45) is 5.19. The molecule has 1 aromatic rings. The van der Waals surface area contributed by atoms with Crippen LogP contribution in [0.15, 0.2) is 16.6 Å². The Bertz CT molecular complexity index is 367. The normalized spacial score (nSPS) is 21.1. The Kier molecular flexibility index (Phi) is 4.04. The number of piperidine rings is 1. The number of aryl methyl sites for hydroxylation is 1. The van der Waals surface area contributed by atoms with Crippen molar-refractivity contribution in [1.82, 2.24) is 5.32 Å². The molecule has 2 rings (SSSR count). The highest BCUT2D eigenvalue weighted by atomic mass is 79.9. The first-order chi connectivity index (χ1) is 7.68. The summed E-state index contributed by atoms with van der Waals surface area (Å²) in [5.41, 5.74) is 4.33. The highest BCUT2D eigenvalue weighted by molar-refractivity contribution is 9.10. The maximum absolute atomic E-state index is 3.68.